The smallest absolute Gasteiger partial charge is 0.200 e. The van der Waals surface area contributed by atoms with E-state index in [2.05, 4.69) is 0 Å². The zero-order valence-corrected chi connectivity index (χ0v) is 11.8. The van der Waals surface area contributed by atoms with Gasteiger partial charge in [0.2, 0.25) is 5.43 Å². The van der Waals surface area contributed by atoms with Crippen molar-refractivity contribution < 1.29 is 9.15 Å². The van der Waals surface area contributed by atoms with Gasteiger partial charge in [-0.2, -0.15) is 0 Å². The molecule has 0 bridgehead atoms. The van der Waals surface area contributed by atoms with Crippen LogP contribution >= 0.6 is 0 Å². The third-order valence-electron chi connectivity index (χ3n) is 3.17. The normalized spacial score (nSPS) is 11.4. The first-order valence-corrected chi connectivity index (χ1v) is 6.68. The van der Waals surface area contributed by atoms with Gasteiger partial charge in [0.15, 0.2) is 0 Å². The molecule has 1 aromatic heterocycles. The maximum Gasteiger partial charge on any atom is 0.200 e. The molecule has 0 aliphatic carbocycles. The monoisotopic (exact) mass is 268 g/mol. The van der Waals surface area contributed by atoms with Crippen LogP contribution in [0.15, 0.2) is 45.6 Å². The summed E-state index contributed by atoms with van der Waals surface area (Å²) in [5, 5.41) is 1.19. The molecule has 1 heterocycles. The Morgan fingerprint density at radius 2 is 1.65 bits per heavy atom. The largest absolute Gasteiger partial charge is 0.491 e. The highest BCUT2D eigenvalue weighted by Gasteiger charge is 2.09. The Morgan fingerprint density at radius 1 is 1.00 bits per heavy atom. The van der Waals surface area contributed by atoms with Crippen LogP contribution in [0.2, 0.25) is 0 Å². The molecule has 0 N–H and O–H groups in total. The van der Waals surface area contributed by atoms with Crippen molar-refractivity contribution in [2.75, 3.05) is 0 Å². The lowest BCUT2D eigenvalue weighted by Gasteiger charge is -2.10. The average Bonchev–Trinajstić information content (AvgIpc) is 2.37. The summed E-state index contributed by atoms with van der Waals surface area (Å²) in [6.07, 6.45) is 0.0851. The first kappa shape index (κ1) is 12.7. The van der Waals surface area contributed by atoms with E-state index in [9.17, 15) is 4.79 Å². The highest BCUT2D eigenvalue weighted by Crippen LogP contribution is 2.24. The summed E-state index contributed by atoms with van der Waals surface area (Å²) in [7, 11) is 0. The molecule has 0 radical (unpaired) electrons. The number of hydrogen-bond acceptors (Lipinski definition) is 3. The van der Waals surface area contributed by atoms with Gasteiger partial charge in [-0.25, -0.2) is 0 Å². The Hall–Kier alpha value is -2.29. The first-order valence-electron chi connectivity index (χ1n) is 6.68. The molecule has 3 rings (SSSR count). The number of aryl methyl sites for hydroxylation is 1. The van der Waals surface area contributed by atoms with E-state index in [4.69, 9.17) is 9.15 Å². The van der Waals surface area contributed by atoms with Gasteiger partial charge in [0, 0.05) is 6.07 Å². The predicted molar refractivity (Wildman–Crippen MR) is 80.5 cm³/mol. The lowest BCUT2D eigenvalue weighted by molar-refractivity contribution is 0.242. The van der Waals surface area contributed by atoms with E-state index in [1.165, 1.54) is 0 Å². The Morgan fingerprint density at radius 3 is 2.35 bits per heavy atom. The van der Waals surface area contributed by atoms with Crippen LogP contribution < -0.4 is 10.2 Å². The predicted octanol–water partition coefficient (Wildman–Crippen LogP) is 4.04. The summed E-state index contributed by atoms with van der Waals surface area (Å²) in [6, 6.07) is 11.0. The van der Waals surface area contributed by atoms with Gasteiger partial charge >= 0.3 is 0 Å². The van der Waals surface area contributed by atoms with E-state index >= 15 is 0 Å². The molecule has 0 fully saturated rings. The lowest BCUT2D eigenvalue weighted by Crippen LogP contribution is -2.06. The van der Waals surface area contributed by atoms with E-state index in [-0.39, 0.29) is 11.5 Å². The van der Waals surface area contributed by atoms with Gasteiger partial charge in [-0.1, -0.05) is 6.07 Å². The van der Waals surface area contributed by atoms with Gasteiger partial charge in [0.1, 0.15) is 16.9 Å². The second kappa shape index (κ2) is 4.67. The van der Waals surface area contributed by atoms with Crippen molar-refractivity contribution >= 4 is 21.9 Å². The number of fused-ring (bicyclic) bond motifs is 2. The Kier molecular flexibility index (Phi) is 2.97. The van der Waals surface area contributed by atoms with Crippen molar-refractivity contribution in [2.24, 2.45) is 0 Å². The minimum atomic E-state index is -0.00246. The summed E-state index contributed by atoms with van der Waals surface area (Å²) in [5.41, 5.74) is 2.24. The maximum absolute atomic E-state index is 12.4. The quantitative estimate of drug-likeness (QED) is 0.658. The van der Waals surface area contributed by atoms with Gasteiger partial charge in [0.05, 0.1) is 16.9 Å². The van der Waals surface area contributed by atoms with Gasteiger partial charge in [-0.05, 0) is 50.6 Å². The fourth-order valence-corrected chi connectivity index (χ4v) is 2.29. The molecular weight excluding hydrogens is 252 g/mol. The van der Waals surface area contributed by atoms with Crippen LogP contribution in [-0.2, 0) is 0 Å². The van der Waals surface area contributed by atoms with E-state index in [0.29, 0.717) is 27.7 Å². The third kappa shape index (κ3) is 2.16. The molecule has 3 heteroatoms. The van der Waals surface area contributed by atoms with Crippen molar-refractivity contribution in [1.82, 2.24) is 0 Å². The molecule has 20 heavy (non-hydrogen) atoms. The molecule has 0 aliphatic rings. The number of rotatable bonds is 2. The molecule has 0 spiro atoms. The Labute approximate surface area is 116 Å². The zero-order valence-electron chi connectivity index (χ0n) is 11.8. The standard InChI is InChI=1S/C17H16O3/c1-10(2)19-12-5-7-14-16(9-12)20-15-8-11(3)4-6-13(15)17(14)18/h4-10H,1-3H3. The Balaban J connectivity index is 2.29. The minimum Gasteiger partial charge on any atom is -0.491 e. The van der Waals surface area contributed by atoms with Crippen molar-refractivity contribution in [3.8, 4) is 5.75 Å². The molecule has 0 saturated heterocycles. The molecule has 0 unspecified atom stereocenters. The summed E-state index contributed by atoms with van der Waals surface area (Å²) in [6.45, 7) is 5.90. The molecule has 2 aromatic carbocycles. The van der Waals surface area contributed by atoms with E-state index in [1.807, 2.05) is 39.0 Å². The third-order valence-corrected chi connectivity index (χ3v) is 3.17. The summed E-state index contributed by atoms with van der Waals surface area (Å²) in [4.78, 5) is 12.4. The van der Waals surface area contributed by atoms with Crippen LogP contribution in [0.4, 0.5) is 0 Å². The van der Waals surface area contributed by atoms with Crippen LogP contribution in [0.25, 0.3) is 21.9 Å². The SMILES string of the molecule is Cc1ccc2c(=O)c3ccc(OC(C)C)cc3oc2c1. The molecule has 0 amide bonds. The fourth-order valence-electron chi connectivity index (χ4n) is 2.29. The molecule has 102 valence electrons. The van der Waals surface area contributed by atoms with E-state index < -0.39 is 0 Å². The number of benzene rings is 2. The second-order valence-electron chi connectivity index (χ2n) is 5.26. The van der Waals surface area contributed by atoms with Crippen LogP contribution in [0.5, 0.6) is 5.75 Å². The number of ether oxygens (including phenoxy) is 1. The van der Waals surface area contributed by atoms with Gasteiger partial charge in [0.25, 0.3) is 0 Å². The zero-order chi connectivity index (χ0) is 14.3. The van der Waals surface area contributed by atoms with Gasteiger partial charge < -0.3 is 9.15 Å². The molecule has 0 saturated carbocycles. The Bertz CT molecular complexity index is 844. The lowest BCUT2D eigenvalue weighted by atomic mass is 10.1. The minimum absolute atomic E-state index is 0.00246. The second-order valence-corrected chi connectivity index (χ2v) is 5.26. The van der Waals surface area contributed by atoms with Crippen molar-refractivity contribution in [1.29, 1.82) is 0 Å². The van der Waals surface area contributed by atoms with E-state index in [1.54, 1.807) is 18.2 Å². The molecule has 0 atom stereocenters. The van der Waals surface area contributed by atoms with Crippen molar-refractivity contribution in [3.63, 3.8) is 0 Å². The molecule has 3 nitrogen and oxygen atoms in total. The van der Waals surface area contributed by atoms with Crippen LogP contribution in [0.1, 0.15) is 19.4 Å². The van der Waals surface area contributed by atoms with Gasteiger partial charge in [-0.3, -0.25) is 4.79 Å². The summed E-state index contributed by atoms with van der Waals surface area (Å²) in [5.74, 6) is 0.711. The number of hydrogen-bond donors (Lipinski definition) is 0. The van der Waals surface area contributed by atoms with E-state index in [0.717, 1.165) is 5.56 Å². The topological polar surface area (TPSA) is 39.4 Å². The molecule has 0 aliphatic heterocycles. The van der Waals surface area contributed by atoms with Gasteiger partial charge in [-0.15, -0.1) is 0 Å². The summed E-state index contributed by atoms with van der Waals surface area (Å²) >= 11 is 0. The highest BCUT2D eigenvalue weighted by atomic mass is 16.5. The van der Waals surface area contributed by atoms with Crippen LogP contribution in [0.3, 0.4) is 0 Å². The van der Waals surface area contributed by atoms with Crippen LogP contribution in [-0.4, -0.2) is 6.10 Å². The van der Waals surface area contributed by atoms with Crippen molar-refractivity contribution in [2.45, 2.75) is 26.9 Å². The summed E-state index contributed by atoms with van der Waals surface area (Å²) < 4.78 is 11.5. The van der Waals surface area contributed by atoms with Crippen LogP contribution in [0, 0.1) is 6.92 Å². The average molecular weight is 268 g/mol. The van der Waals surface area contributed by atoms with Crippen molar-refractivity contribution in [3.05, 3.63) is 52.2 Å². The highest BCUT2D eigenvalue weighted by molar-refractivity contribution is 5.90. The molecular formula is C17H16O3. The maximum atomic E-state index is 12.4. The first-order chi connectivity index (χ1) is 9.54. The fraction of sp³-hybridized carbons (Fsp3) is 0.235. The molecule has 3 aromatic rings.